The fourth-order valence-electron chi connectivity index (χ4n) is 4.34. The van der Waals surface area contributed by atoms with E-state index < -0.39 is 0 Å². The molecule has 1 amide bonds. The molecule has 0 aliphatic rings. The van der Waals surface area contributed by atoms with E-state index in [4.69, 9.17) is 0 Å². The maximum Gasteiger partial charge on any atom is 0.220 e. The first kappa shape index (κ1) is 25.7. The summed E-state index contributed by atoms with van der Waals surface area (Å²) in [6.07, 6.45) is 3.88. The summed E-state index contributed by atoms with van der Waals surface area (Å²) in [7, 11) is 0. The summed E-state index contributed by atoms with van der Waals surface area (Å²) in [5.74, 6) is 1.89. The lowest BCUT2D eigenvalue weighted by molar-refractivity contribution is -0.121. The third kappa shape index (κ3) is 7.56. The molecule has 3 aromatic carbocycles. The summed E-state index contributed by atoms with van der Waals surface area (Å²) in [5, 5.41) is 13.0. The first-order valence-corrected chi connectivity index (χ1v) is 13.6. The maximum absolute atomic E-state index is 12.3. The molecular formula is C30H34N4OS. The largest absolute Gasteiger partial charge is 0.356 e. The Labute approximate surface area is 218 Å². The lowest BCUT2D eigenvalue weighted by Crippen LogP contribution is -2.25. The van der Waals surface area contributed by atoms with Crippen molar-refractivity contribution in [2.45, 2.75) is 56.9 Å². The van der Waals surface area contributed by atoms with Crippen LogP contribution in [0.15, 0.2) is 84.0 Å². The van der Waals surface area contributed by atoms with E-state index >= 15 is 0 Å². The number of nitrogens with one attached hydrogen (secondary N) is 1. The van der Waals surface area contributed by atoms with E-state index in [-0.39, 0.29) is 5.91 Å². The van der Waals surface area contributed by atoms with Gasteiger partial charge in [0, 0.05) is 30.8 Å². The van der Waals surface area contributed by atoms with Crippen LogP contribution in [0.25, 0.3) is 5.69 Å². The van der Waals surface area contributed by atoms with E-state index in [1.165, 1.54) is 22.3 Å². The van der Waals surface area contributed by atoms with Crippen molar-refractivity contribution in [3.05, 3.63) is 107 Å². The zero-order chi connectivity index (χ0) is 25.2. The highest BCUT2D eigenvalue weighted by Crippen LogP contribution is 2.26. The van der Waals surface area contributed by atoms with Gasteiger partial charge in [-0.3, -0.25) is 9.36 Å². The van der Waals surface area contributed by atoms with Crippen molar-refractivity contribution in [1.29, 1.82) is 0 Å². The Hall–Kier alpha value is -3.38. The fraction of sp³-hybridized carbons (Fsp3) is 0.300. The number of unbranched alkanes of at least 4 members (excludes halogenated alkanes) is 1. The third-order valence-corrected chi connectivity index (χ3v) is 7.00. The number of aryl methyl sites for hydroxylation is 3. The number of hydrogen-bond acceptors (Lipinski definition) is 4. The summed E-state index contributed by atoms with van der Waals surface area (Å²) in [6, 6.07) is 27.2. The molecule has 186 valence electrons. The van der Waals surface area contributed by atoms with Crippen LogP contribution in [-0.2, 0) is 23.4 Å². The smallest absolute Gasteiger partial charge is 0.220 e. The highest BCUT2D eigenvalue weighted by Gasteiger charge is 2.15. The van der Waals surface area contributed by atoms with Gasteiger partial charge >= 0.3 is 0 Å². The normalized spacial score (nSPS) is 10.9. The molecule has 0 aliphatic carbocycles. The average Bonchev–Trinajstić information content (AvgIpc) is 3.29. The summed E-state index contributed by atoms with van der Waals surface area (Å²) in [6.45, 7) is 4.94. The van der Waals surface area contributed by atoms with Crippen molar-refractivity contribution in [3.63, 3.8) is 0 Å². The maximum atomic E-state index is 12.3. The minimum absolute atomic E-state index is 0.111. The van der Waals surface area contributed by atoms with Gasteiger partial charge in [-0.1, -0.05) is 89.6 Å². The number of carbonyl (C=O) groups is 1. The molecule has 0 aliphatic heterocycles. The molecule has 0 bridgehead atoms. The van der Waals surface area contributed by atoms with Crippen LogP contribution in [0, 0.1) is 13.8 Å². The van der Waals surface area contributed by atoms with Crippen molar-refractivity contribution in [3.8, 4) is 5.69 Å². The first-order chi connectivity index (χ1) is 17.6. The number of hydrogen-bond donors (Lipinski definition) is 1. The molecule has 4 rings (SSSR count). The van der Waals surface area contributed by atoms with Gasteiger partial charge in [0.2, 0.25) is 5.91 Å². The standard InChI is InChI=1S/C30H34N4OS/c1-23-19-24(2)21-26(20-23)22-36-30-33-32-28(34(30)27-13-7-4-8-14-27)15-9-10-16-29(35)31-18-17-25-11-5-3-6-12-25/h3-8,11-14,19-21H,9-10,15-18,22H2,1-2H3,(H,31,35). The van der Waals surface area contributed by atoms with Crippen LogP contribution in [-0.4, -0.2) is 27.2 Å². The molecule has 1 N–H and O–H groups in total. The Bertz CT molecular complexity index is 1230. The number of carbonyl (C=O) groups excluding carboxylic acids is 1. The van der Waals surface area contributed by atoms with E-state index in [2.05, 4.69) is 76.4 Å². The van der Waals surface area contributed by atoms with Gasteiger partial charge in [0.25, 0.3) is 0 Å². The summed E-state index contributed by atoms with van der Waals surface area (Å²) < 4.78 is 2.16. The van der Waals surface area contributed by atoms with Crippen LogP contribution in [0.2, 0.25) is 0 Å². The Balaban J connectivity index is 1.31. The Morgan fingerprint density at radius 3 is 2.25 bits per heavy atom. The number of rotatable bonds is 12. The highest BCUT2D eigenvalue weighted by atomic mass is 32.2. The van der Waals surface area contributed by atoms with Crippen molar-refractivity contribution < 1.29 is 4.79 Å². The zero-order valence-corrected chi connectivity index (χ0v) is 21.9. The van der Waals surface area contributed by atoms with Crippen molar-refractivity contribution in [1.82, 2.24) is 20.1 Å². The fourth-order valence-corrected chi connectivity index (χ4v) is 5.24. The molecule has 0 spiro atoms. The lowest BCUT2D eigenvalue weighted by Gasteiger charge is -2.11. The Kier molecular flexibility index (Phi) is 9.33. The van der Waals surface area contributed by atoms with Gasteiger partial charge in [0.1, 0.15) is 5.82 Å². The molecule has 0 saturated carbocycles. The Morgan fingerprint density at radius 2 is 1.53 bits per heavy atom. The molecule has 0 saturated heterocycles. The highest BCUT2D eigenvalue weighted by molar-refractivity contribution is 7.98. The van der Waals surface area contributed by atoms with Gasteiger partial charge in [-0.2, -0.15) is 0 Å². The Morgan fingerprint density at radius 1 is 0.833 bits per heavy atom. The molecule has 0 unspecified atom stereocenters. The second-order valence-corrected chi connectivity index (χ2v) is 10.1. The van der Waals surface area contributed by atoms with E-state index in [1.54, 1.807) is 11.8 Å². The van der Waals surface area contributed by atoms with Crippen molar-refractivity contribution in [2.75, 3.05) is 6.54 Å². The van der Waals surface area contributed by atoms with E-state index in [9.17, 15) is 4.79 Å². The van der Waals surface area contributed by atoms with Gasteiger partial charge in [-0.05, 0) is 56.4 Å². The van der Waals surface area contributed by atoms with Gasteiger partial charge in [-0.15, -0.1) is 10.2 Å². The summed E-state index contributed by atoms with van der Waals surface area (Å²) >= 11 is 1.71. The molecule has 36 heavy (non-hydrogen) atoms. The average molecular weight is 499 g/mol. The van der Waals surface area contributed by atoms with Gasteiger partial charge in [0.05, 0.1) is 0 Å². The van der Waals surface area contributed by atoms with Crippen molar-refractivity contribution >= 4 is 17.7 Å². The molecule has 0 radical (unpaired) electrons. The molecule has 0 fully saturated rings. The number of para-hydroxylation sites is 1. The quantitative estimate of drug-likeness (QED) is 0.185. The summed E-state index contributed by atoms with van der Waals surface area (Å²) in [5.41, 5.74) is 6.16. The number of benzene rings is 3. The minimum Gasteiger partial charge on any atom is -0.356 e. The zero-order valence-electron chi connectivity index (χ0n) is 21.1. The van der Waals surface area contributed by atoms with E-state index in [0.717, 1.165) is 48.1 Å². The number of aromatic nitrogens is 3. The second-order valence-electron chi connectivity index (χ2n) is 9.15. The van der Waals surface area contributed by atoms with Gasteiger partial charge in [-0.25, -0.2) is 0 Å². The molecular weight excluding hydrogens is 464 g/mol. The van der Waals surface area contributed by atoms with E-state index in [1.807, 2.05) is 36.4 Å². The van der Waals surface area contributed by atoms with Gasteiger partial charge in [0.15, 0.2) is 5.16 Å². The second kappa shape index (κ2) is 13.1. The minimum atomic E-state index is 0.111. The monoisotopic (exact) mass is 498 g/mol. The van der Waals surface area contributed by atoms with Crippen LogP contribution in [0.1, 0.15) is 47.3 Å². The molecule has 4 aromatic rings. The number of amides is 1. The third-order valence-electron chi connectivity index (χ3n) is 6.00. The SMILES string of the molecule is Cc1cc(C)cc(CSc2nnc(CCCCC(=O)NCCc3ccccc3)n2-c2ccccc2)c1. The predicted molar refractivity (Wildman–Crippen MR) is 148 cm³/mol. The van der Waals surface area contributed by atoms with Crippen molar-refractivity contribution in [2.24, 2.45) is 0 Å². The molecule has 5 nitrogen and oxygen atoms in total. The van der Waals surface area contributed by atoms with Crippen LogP contribution < -0.4 is 5.32 Å². The van der Waals surface area contributed by atoms with Crippen LogP contribution >= 0.6 is 11.8 Å². The topological polar surface area (TPSA) is 59.8 Å². The molecule has 0 atom stereocenters. The number of thioether (sulfide) groups is 1. The van der Waals surface area contributed by atoms with Crippen LogP contribution in [0.4, 0.5) is 0 Å². The lowest BCUT2D eigenvalue weighted by atomic mass is 10.1. The van der Waals surface area contributed by atoms with E-state index in [0.29, 0.717) is 13.0 Å². The molecule has 1 aromatic heterocycles. The van der Waals surface area contributed by atoms with Gasteiger partial charge < -0.3 is 5.32 Å². The van der Waals surface area contributed by atoms with Crippen LogP contribution in [0.3, 0.4) is 0 Å². The first-order valence-electron chi connectivity index (χ1n) is 12.6. The van der Waals surface area contributed by atoms with Crippen LogP contribution in [0.5, 0.6) is 0 Å². The predicted octanol–water partition coefficient (Wildman–Crippen LogP) is 6.25. The number of nitrogens with zero attached hydrogens (tertiary/aromatic N) is 3. The molecule has 1 heterocycles. The molecule has 6 heteroatoms. The summed E-state index contributed by atoms with van der Waals surface area (Å²) in [4.78, 5) is 12.3.